The summed E-state index contributed by atoms with van der Waals surface area (Å²) in [4.78, 5) is 29.0. The minimum atomic E-state index is -0.615. The number of halogens is 2. The summed E-state index contributed by atoms with van der Waals surface area (Å²) in [6, 6.07) is 9.50. The van der Waals surface area contributed by atoms with Gasteiger partial charge in [0.15, 0.2) is 12.4 Å². The van der Waals surface area contributed by atoms with E-state index < -0.39 is 16.9 Å². The van der Waals surface area contributed by atoms with Crippen LogP contribution in [0.4, 0.5) is 4.39 Å². The Morgan fingerprint density at radius 2 is 1.83 bits per heavy atom. The number of aromatic nitrogens is 3. The van der Waals surface area contributed by atoms with E-state index >= 15 is 0 Å². The number of rotatable bonds is 10. The molecule has 2 N–H and O–H groups in total. The molecule has 1 aliphatic rings. The van der Waals surface area contributed by atoms with Gasteiger partial charge < -0.3 is 20.1 Å². The molecule has 36 heavy (non-hydrogen) atoms. The SMILES string of the molecule is CC1(NC(=O)COCc2ccc(-n3cccn3)nc2)CC(C)(NC(=O)COc2ccc(Cl)c(F)c2)C1. The predicted molar refractivity (Wildman–Crippen MR) is 130 cm³/mol. The third-order valence-corrected chi connectivity index (χ3v) is 6.06. The van der Waals surface area contributed by atoms with Crippen LogP contribution in [0.25, 0.3) is 5.82 Å². The highest BCUT2D eigenvalue weighted by atomic mass is 35.5. The smallest absolute Gasteiger partial charge is 0.258 e. The van der Waals surface area contributed by atoms with Crippen molar-refractivity contribution in [1.82, 2.24) is 25.4 Å². The van der Waals surface area contributed by atoms with Gasteiger partial charge >= 0.3 is 0 Å². The van der Waals surface area contributed by atoms with Gasteiger partial charge in [0.1, 0.15) is 18.2 Å². The molecule has 1 aliphatic carbocycles. The first-order valence-electron chi connectivity index (χ1n) is 11.4. The molecular weight excluding hydrogens is 489 g/mol. The van der Waals surface area contributed by atoms with Crippen molar-refractivity contribution < 1.29 is 23.5 Å². The second-order valence-electron chi connectivity index (χ2n) is 9.40. The van der Waals surface area contributed by atoms with Crippen molar-refractivity contribution in [3.63, 3.8) is 0 Å². The third kappa shape index (κ3) is 6.58. The zero-order valence-corrected chi connectivity index (χ0v) is 20.7. The minimum Gasteiger partial charge on any atom is -0.484 e. The number of ether oxygens (including phenoxy) is 2. The lowest BCUT2D eigenvalue weighted by Crippen LogP contribution is -2.69. The number of nitrogens with zero attached hydrogens (tertiary/aromatic N) is 3. The number of carbonyl (C=O) groups is 2. The summed E-state index contributed by atoms with van der Waals surface area (Å²) in [7, 11) is 0. The number of hydrogen-bond donors (Lipinski definition) is 2. The van der Waals surface area contributed by atoms with E-state index in [0.717, 1.165) is 11.6 Å². The molecule has 0 spiro atoms. The van der Waals surface area contributed by atoms with E-state index in [1.165, 1.54) is 12.1 Å². The lowest BCUT2D eigenvalue weighted by atomic mass is 9.64. The van der Waals surface area contributed by atoms with Crippen LogP contribution in [0.5, 0.6) is 5.75 Å². The highest BCUT2D eigenvalue weighted by Gasteiger charge is 2.50. The number of amides is 2. The van der Waals surface area contributed by atoms with Crippen molar-refractivity contribution >= 4 is 23.4 Å². The molecule has 190 valence electrons. The van der Waals surface area contributed by atoms with Crippen LogP contribution in [-0.4, -0.2) is 50.9 Å². The van der Waals surface area contributed by atoms with Crippen LogP contribution in [0.15, 0.2) is 55.0 Å². The number of nitrogens with one attached hydrogen (secondary N) is 2. The summed E-state index contributed by atoms with van der Waals surface area (Å²) in [5.74, 6) is -0.277. The molecule has 1 aromatic carbocycles. The molecule has 2 aromatic heterocycles. The highest BCUT2D eigenvalue weighted by molar-refractivity contribution is 6.30. The molecule has 0 unspecified atom stereocenters. The molecule has 0 atom stereocenters. The molecule has 4 rings (SSSR count). The van der Waals surface area contributed by atoms with Crippen molar-refractivity contribution in [3.8, 4) is 11.6 Å². The molecule has 0 radical (unpaired) electrons. The monoisotopic (exact) mass is 515 g/mol. The zero-order valence-electron chi connectivity index (χ0n) is 20.0. The maximum absolute atomic E-state index is 13.5. The molecule has 11 heteroatoms. The van der Waals surface area contributed by atoms with E-state index in [2.05, 4.69) is 20.7 Å². The van der Waals surface area contributed by atoms with Gasteiger partial charge in [0.05, 0.1) is 11.6 Å². The second-order valence-corrected chi connectivity index (χ2v) is 9.81. The normalized spacial score (nSPS) is 20.9. The minimum absolute atomic E-state index is 0.0161. The number of benzene rings is 1. The molecule has 2 heterocycles. The van der Waals surface area contributed by atoms with Crippen molar-refractivity contribution in [3.05, 3.63) is 71.4 Å². The van der Waals surface area contributed by atoms with Crippen molar-refractivity contribution in [1.29, 1.82) is 0 Å². The highest BCUT2D eigenvalue weighted by Crippen LogP contribution is 2.40. The predicted octanol–water partition coefficient (Wildman–Crippen LogP) is 3.20. The van der Waals surface area contributed by atoms with Gasteiger partial charge in [0.25, 0.3) is 5.91 Å². The topological polar surface area (TPSA) is 107 Å². The Hall–Kier alpha value is -3.50. The second kappa shape index (κ2) is 10.6. The van der Waals surface area contributed by atoms with Crippen molar-refractivity contribution in [2.75, 3.05) is 13.2 Å². The van der Waals surface area contributed by atoms with Gasteiger partial charge in [-0.15, -0.1) is 0 Å². The van der Waals surface area contributed by atoms with E-state index in [0.29, 0.717) is 18.7 Å². The number of pyridine rings is 1. The molecule has 9 nitrogen and oxygen atoms in total. The van der Waals surface area contributed by atoms with Crippen molar-refractivity contribution in [2.45, 2.75) is 44.4 Å². The first-order chi connectivity index (χ1) is 17.1. The van der Waals surface area contributed by atoms with Crippen LogP contribution >= 0.6 is 11.6 Å². The Morgan fingerprint density at radius 1 is 1.11 bits per heavy atom. The fourth-order valence-corrected chi connectivity index (χ4v) is 4.73. The van der Waals surface area contributed by atoms with Gasteiger partial charge in [-0.25, -0.2) is 14.1 Å². The van der Waals surface area contributed by atoms with E-state index in [9.17, 15) is 14.0 Å². The van der Waals surface area contributed by atoms with Crippen LogP contribution in [0, 0.1) is 5.82 Å². The maximum Gasteiger partial charge on any atom is 0.258 e. The Kier molecular flexibility index (Phi) is 7.56. The first-order valence-corrected chi connectivity index (χ1v) is 11.7. The van der Waals surface area contributed by atoms with Crippen LogP contribution < -0.4 is 15.4 Å². The summed E-state index contributed by atoms with van der Waals surface area (Å²) in [6.07, 6.45) is 6.26. The molecular formula is C25H27ClFN5O4. The van der Waals surface area contributed by atoms with Crippen LogP contribution in [-0.2, 0) is 20.9 Å². The fraction of sp³-hybridized carbons (Fsp3) is 0.360. The lowest BCUT2D eigenvalue weighted by Gasteiger charge is -2.53. The van der Waals surface area contributed by atoms with Crippen LogP contribution in [0.3, 0.4) is 0 Å². The molecule has 0 saturated heterocycles. The van der Waals surface area contributed by atoms with E-state index in [1.54, 1.807) is 23.3 Å². The zero-order chi connectivity index (χ0) is 25.8. The average molecular weight is 516 g/mol. The van der Waals surface area contributed by atoms with Gasteiger partial charge in [0, 0.05) is 35.7 Å². The summed E-state index contributed by atoms with van der Waals surface area (Å²) in [6.45, 7) is 3.72. The summed E-state index contributed by atoms with van der Waals surface area (Å²) >= 11 is 5.64. The van der Waals surface area contributed by atoms with Crippen LogP contribution in [0.1, 0.15) is 32.3 Å². The quantitative estimate of drug-likeness (QED) is 0.429. The van der Waals surface area contributed by atoms with E-state index in [1.807, 2.05) is 32.0 Å². The molecule has 3 aromatic rings. The first kappa shape index (κ1) is 25.6. The molecule has 1 saturated carbocycles. The number of carbonyl (C=O) groups excluding carboxylic acids is 2. The fourth-order valence-electron chi connectivity index (χ4n) is 4.61. The maximum atomic E-state index is 13.5. The molecule has 2 amide bonds. The number of hydrogen-bond acceptors (Lipinski definition) is 6. The van der Waals surface area contributed by atoms with E-state index in [-0.39, 0.29) is 42.4 Å². The van der Waals surface area contributed by atoms with E-state index in [4.69, 9.17) is 21.1 Å². The molecule has 0 aliphatic heterocycles. The van der Waals surface area contributed by atoms with Crippen molar-refractivity contribution in [2.24, 2.45) is 0 Å². The average Bonchev–Trinajstić information content (AvgIpc) is 3.34. The Labute approximate surface area is 212 Å². The Bertz CT molecular complexity index is 1210. The molecule has 1 fully saturated rings. The Morgan fingerprint density at radius 3 is 2.44 bits per heavy atom. The van der Waals surface area contributed by atoms with Gasteiger partial charge in [-0.2, -0.15) is 5.10 Å². The summed E-state index contributed by atoms with van der Waals surface area (Å²) in [5, 5.41) is 10.0. The van der Waals surface area contributed by atoms with Gasteiger partial charge in [-0.05, 0) is 56.5 Å². The lowest BCUT2D eigenvalue weighted by molar-refractivity contribution is -0.131. The largest absolute Gasteiger partial charge is 0.484 e. The Balaban J connectivity index is 1.15. The summed E-state index contributed by atoms with van der Waals surface area (Å²) in [5.41, 5.74) is -0.112. The van der Waals surface area contributed by atoms with Crippen LogP contribution in [0.2, 0.25) is 5.02 Å². The third-order valence-electron chi connectivity index (χ3n) is 5.75. The van der Waals surface area contributed by atoms with Gasteiger partial charge in [-0.1, -0.05) is 17.7 Å². The van der Waals surface area contributed by atoms with Gasteiger partial charge in [-0.3, -0.25) is 9.59 Å². The molecule has 0 bridgehead atoms. The summed E-state index contributed by atoms with van der Waals surface area (Å²) < 4.78 is 26.0. The standard InChI is InChI=1S/C25H27ClFN5O4/c1-24(15-25(2,16-24)31-23(34)14-36-18-5-6-19(26)20(27)10-18)30-22(33)13-35-12-17-4-7-21(28-11-17)32-9-3-8-29-32/h3-11H,12-16H2,1-2H3,(H,30,33)(H,31,34). The van der Waals surface area contributed by atoms with Gasteiger partial charge in [0.2, 0.25) is 5.91 Å².